The molecule has 0 radical (unpaired) electrons. The average Bonchev–Trinajstić information content (AvgIpc) is 2.33. The van der Waals surface area contributed by atoms with Crippen LogP contribution in [0.4, 0.5) is 0 Å². The van der Waals surface area contributed by atoms with Gasteiger partial charge in [-0.3, -0.25) is 0 Å². The Kier molecular flexibility index (Phi) is 23.7. The van der Waals surface area contributed by atoms with Crippen LogP contribution in [-0.4, -0.2) is 9.97 Å². The second-order valence-corrected chi connectivity index (χ2v) is 1.87. The zero-order chi connectivity index (χ0) is 6.10. The number of imidazole rings is 1. The summed E-state index contributed by atoms with van der Waals surface area (Å²) in [5.41, 5.74) is 2.01. The third kappa shape index (κ3) is 6.66. The molecule has 0 amide bonds. The van der Waals surface area contributed by atoms with Gasteiger partial charge in [-0.25, -0.2) is 0 Å². The molecule has 7 heteroatoms. The molecule has 14 heavy (non-hydrogen) atoms. The van der Waals surface area contributed by atoms with Gasteiger partial charge in [0, 0.05) is 105 Å². The molecule has 2 nitrogen and oxygen atoms in total. The number of hydrogen-bond donors (Lipinski definition) is 1. The summed E-state index contributed by atoms with van der Waals surface area (Å²) >= 11 is 0. The van der Waals surface area contributed by atoms with Gasteiger partial charge < -0.3 is 9.97 Å². The molecule has 1 aromatic carbocycles. The van der Waals surface area contributed by atoms with Crippen LogP contribution >= 0.6 is 0 Å². The quantitative estimate of drug-likeness (QED) is 0.398. The summed E-state index contributed by atoms with van der Waals surface area (Å²) in [6, 6.07) is 7.84. The minimum atomic E-state index is 0. The van der Waals surface area contributed by atoms with Crippen LogP contribution in [0.2, 0.25) is 0 Å². The predicted molar refractivity (Wildman–Crippen MR) is 34.9 cm³/mol. The molecular weight excluding hydrogens is 1030 g/mol. The normalized spacial score (nSPS) is 6.57. The van der Waals surface area contributed by atoms with Crippen LogP contribution in [-0.2, 0) is 105 Å². The van der Waals surface area contributed by atoms with Crippen molar-refractivity contribution in [1.29, 1.82) is 0 Å². The van der Waals surface area contributed by atoms with Crippen molar-refractivity contribution in [1.82, 2.24) is 9.97 Å². The zero-order valence-corrected chi connectivity index (χ0v) is 21.5. The van der Waals surface area contributed by atoms with Gasteiger partial charge in [0.05, 0.1) is 0 Å². The Morgan fingerprint density at radius 2 is 1.50 bits per heavy atom. The SMILES string of the molecule is [W].[W].[W].[W].[W].[c-]1nc2ccccc2[nH]1. The van der Waals surface area contributed by atoms with Crippen LogP contribution in [0.3, 0.4) is 0 Å². The number of hydrogen-bond acceptors (Lipinski definition) is 1. The van der Waals surface area contributed by atoms with Gasteiger partial charge in [-0.15, -0.1) is 12.1 Å². The van der Waals surface area contributed by atoms with Gasteiger partial charge in [0.25, 0.3) is 0 Å². The van der Waals surface area contributed by atoms with E-state index in [-0.39, 0.29) is 105 Å². The molecule has 0 atom stereocenters. The summed E-state index contributed by atoms with van der Waals surface area (Å²) in [5.74, 6) is 0. The van der Waals surface area contributed by atoms with Crippen molar-refractivity contribution >= 4 is 11.0 Å². The molecule has 0 bridgehead atoms. The molecule has 0 saturated carbocycles. The minimum Gasteiger partial charge on any atom is -0.461 e. The van der Waals surface area contributed by atoms with Gasteiger partial charge in [0.1, 0.15) is 0 Å². The number of nitrogens with zero attached hydrogens (tertiary/aromatic N) is 1. The first-order chi connectivity index (χ1) is 4.47. The molecule has 0 fully saturated rings. The van der Waals surface area contributed by atoms with E-state index in [4.69, 9.17) is 0 Å². The maximum absolute atomic E-state index is 3.94. The van der Waals surface area contributed by atoms with E-state index in [1.165, 1.54) is 0 Å². The second-order valence-electron chi connectivity index (χ2n) is 1.87. The molecular formula is C7H5N2W5-. The number of fused-ring (bicyclic) bond motifs is 1. The number of benzene rings is 1. The molecule has 1 N–H and O–H groups in total. The first-order valence-electron chi connectivity index (χ1n) is 2.77. The van der Waals surface area contributed by atoms with Crippen molar-refractivity contribution in [3.05, 3.63) is 30.6 Å². The van der Waals surface area contributed by atoms with Crippen LogP contribution in [0, 0.1) is 6.33 Å². The summed E-state index contributed by atoms with van der Waals surface area (Å²) in [4.78, 5) is 6.82. The number of para-hydroxylation sites is 2. The number of rotatable bonds is 0. The van der Waals surface area contributed by atoms with Crippen LogP contribution < -0.4 is 0 Å². The monoisotopic (exact) mass is 1040 g/mol. The summed E-state index contributed by atoms with van der Waals surface area (Å²) in [6.45, 7) is 0. The van der Waals surface area contributed by atoms with E-state index in [1.54, 1.807) is 0 Å². The standard InChI is InChI=1S/C7H5N2.5W/c1-2-4-7-6(3-1)8-5-9-7;;;;;/h1-4H,(H,8,9);;;;;/q-1;;;;;. The summed E-state index contributed by atoms with van der Waals surface area (Å²) < 4.78 is 0. The number of nitrogens with one attached hydrogen (secondary N) is 1. The Morgan fingerprint density at radius 1 is 0.929 bits per heavy atom. The number of aromatic nitrogens is 2. The fourth-order valence-electron chi connectivity index (χ4n) is 0.825. The van der Waals surface area contributed by atoms with Crippen molar-refractivity contribution in [2.45, 2.75) is 0 Å². The molecule has 0 aliphatic heterocycles. The number of aromatic amines is 1. The second kappa shape index (κ2) is 13.2. The van der Waals surface area contributed by atoms with Gasteiger partial charge >= 0.3 is 0 Å². The van der Waals surface area contributed by atoms with Crippen molar-refractivity contribution in [3.8, 4) is 0 Å². The Bertz CT molecular complexity index is 294. The Morgan fingerprint density at radius 3 is 2.07 bits per heavy atom. The Hall–Kier alpha value is 2.13. The van der Waals surface area contributed by atoms with Crippen LogP contribution in [0.5, 0.6) is 0 Å². The number of H-pyrrole nitrogens is 1. The van der Waals surface area contributed by atoms with Crippen molar-refractivity contribution in [2.75, 3.05) is 0 Å². The molecule has 0 aliphatic carbocycles. The molecule has 1 heterocycles. The topological polar surface area (TPSA) is 28.7 Å². The van der Waals surface area contributed by atoms with Crippen LogP contribution in [0.25, 0.3) is 11.0 Å². The van der Waals surface area contributed by atoms with Crippen molar-refractivity contribution in [3.63, 3.8) is 0 Å². The van der Waals surface area contributed by atoms with Gasteiger partial charge in [-0.2, -0.15) is 0 Å². The van der Waals surface area contributed by atoms with E-state index in [2.05, 4.69) is 16.3 Å². The first kappa shape index (κ1) is 25.1. The molecule has 0 aliphatic rings. The maximum Gasteiger partial charge on any atom is 0 e. The van der Waals surface area contributed by atoms with E-state index in [1.807, 2.05) is 24.3 Å². The molecule has 0 saturated heterocycles. The van der Waals surface area contributed by atoms with Gasteiger partial charge in [-0.1, -0.05) is 23.2 Å². The Labute approximate surface area is 154 Å². The van der Waals surface area contributed by atoms with E-state index < -0.39 is 0 Å². The van der Waals surface area contributed by atoms with Crippen LogP contribution in [0.15, 0.2) is 24.3 Å². The smallest absolute Gasteiger partial charge is 0 e. The minimum absolute atomic E-state index is 0. The maximum atomic E-state index is 3.94. The van der Waals surface area contributed by atoms with E-state index >= 15 is 0 Å². The predicted octanol–water partition coefficient (Wildman–Crippen LogP) is 1.35. The van der Waals surface area contributed by atoms with Crippen molar-refractivity contribution < 1.29 is 105 Å². The van der Waals surface area contributed by atoms with Gasteiger partial charge in [-0.05, 0) is 6.33 Å². The van der Waals surface area contributed by atoms with E-state index in [0.717, 1.165) is 11.0 Å². The molecule has 2 aromatic rings. The molecule has 74 valence electrons. The van der Waals surface area contributed by atoms with Crippen molar-refractivity contribution in [2.24, 2.45) is 0 Å². The fraction of sp³-hybridized carbons (Fsp3) is 0. The third-order valence-electron chi connectivity index (χ3n) is 1.27. The molecule has 0 unspecified atom stereocenters. The van der Waals surface area contributed by atoms with E-state index in [9.17, 15) is 0 Å². The summed E-state index contributed by atoms with van der Waals surface area (Å²) in [6.07, 6.45) is 2.66. The van der Waals surface area contributed by atoms with Gasteiger partial charge in [0.15, 0.2) is 0 Å². The van der Waals surface area contributed by atoms with Gasteiger partial charge in [0.2, 0.25) is 0 Å². The molecule has 0 spiro atoms. The zero-order valence-electron chi connectivity index (χ0n) is 6.80. The largest absolute Gasteiger partial charge is 0.461 e. The van der Waals surface area contributed by atoms with Crippen LogP contribution in [0.1, 0.15) is 0 Å². The summed E-state index contributed by atoms with van der Waals surface area (Å²) in [7, 11) is 0. The first-order valence-corrected chi connectivity index (χ1v) is 2.77. The molecule has 2 rings (SSSR count). The Balaban J connectivity index is -0.0000001000. The van der Waals surface area contributed by atoms with E-state index in [0.29, 0.717) is 0 Å². The average molecular weight is 1040 g/mol. The molecule has 1 aromatic heterocycles. The summed E-state index contributed by atoms with van der Waals surface area (Å²) in [5, 5.41) is 0. The third-order valence-corrected chi connectivity index (χ3v) is 1.27. The fourth-order valence-corrected chi connectivity index (χ4v) is 0.825.